The van der Waals surface area contributed by atoms with Crippen molar-refractivity contribution in [1.29, 1.82) is 0 Å². The van der Waals surface area contributed by atoms with Gasteiger partial charge in [0.15, 0.2) is 6.29 Å². The van der Waals surface area contributed by atoms with Crippen LogP contribution < -0.4 is 0 Å². The lowest BCUT2D eigenvalue weighted by Gasteiger charge is -2.08. The lowest BCUT2D eigenvalue weighted by molar-refractivity contribution is 0.111. The van der Waals surface area contributed by atoms with Crippen molar-refractivity contribution in [1.82, 2.24) is 4.57 Å². The third-order valence-corrected chi connectivity index (χ3v) is 4.81. The number of hydrogen-bond donors (Lipinski definition) is 0. The van der Waals surface area contributed by atoms with Crippen molar-refractivity contribution in [3.8, 4) is 0 Å². The minimum atomic E-state index is -3.76. The number of rotatable bonds is 6. The Morgan fingerprint density at radius 1 is 1.29 bits per heavy atom. The lowest BCUT2D eigenvalue weighted by Crippen LogP contribution is -2.13. The molecule has 0 spiro atoms. The third-order valence-electron chi connectivity index (χ3n) is 2.90. The SMILES string of the molecule is Cc1ccc(S(=O)(=O)OCCn2cc(I)cc2C=O)cc1. The highest BCUT2D eigenvalue weighted by molar-refractivity contribution is 14.1. The van der Waals surface area contributed by atoms with Gasteiger partial charge in [0, 0.05) is 16.3 Å². The number of nitrogens with zero attached hydrogens (tertiary/aromatic N) is 1. The Morgan fingerprint density at radius 3 is 2.57 bits per heavy atom. The van der Waals surface area contributed by atoms with Crippen LogP contribution in [0, 0.1) is 10.5 Å². The van der Waals surface area contributed by atoms with Crippen LogP contribution in [-0.2, 0) is 20.8 Å². The fraction of sp³-hybridized carbons (Fsp3) is 0.214. The van der Waals surface area contributed by atoms with Crippen LogP contribution in [0.1, 0.15) is 16.1 Å². The quantitative estimate of drug-likeness (QED) is 0.410. The van der Waals surface area contributed by atoms with Crippen molar-refractivity contribution in [3.63, 3.8) is 0 Å². The molecule has 1 aromatic heterocycles. The van der Waals surface area contributed by atoms with Crippen molar-refractivity contribution >= 4 is 39.0 Å². The standard InChI is InChI=1S/C14H14INO4S/c1-11-2-4-14(5-3-11)21(18,19)20-7-6-16-9-12(15)8-13(16)10-17/h2-5,8-10H,6-7H2,1H3. The van der Waals surface area contributed by atoms with Gasteiger partial charge in [0.2, 0.25) is 0 Å². The van der Waals surface area contributed by atoms with Crippen molar-refractivity contribution in [2.45, 2.75) is 18.4 Å². The van der Waals surface area contributed by atoms with Crippen LogP contribution >= 0.6 is 22.6 Å². The van der Waals surface area contributed by atoms with E-state index in [-0.39, 0.29) is 11.5 Å². The normalized spacial score (nSPS) is 11.5. The van der Waals surface area contributed by atoms with Crippen molar-refractivity contribution in [2.75, 3.05) is 6.61 Å². The van der Waals surface area contributed by atoms with Gasteiger partial charge in [0.1, 0.15) is 0 Å². The minimum Gasteiger partial charge on any atom is -0.342 e. The highest BCUT2D eigenvalue weighted by Crippen LogP contribution is 2.14. The van der Waals surface area contributed by atoms with Gasteiger partial charge in [-0.1, -0.05) is 17.7 Å². The van der Waals surface area contributed by atoms with Gasteiger partial charge < -0.3 is 4.57 Å². The largest absolute Gasteiger partial charge is 0.342 e. The van der Waals surface area contributed by atoms with Gasteiger partial charge >= 0.3 is 0 Å². The van der Waals surface area contributed by atoms with Gasteiger partial charge in [-0.05, 0) is 47.7 Å². The molecule has 0 amide bonds. The first-order valence-corrected chi connectivity index (χ1v) is 8.68. The molecular weight excluding hydrogens is 405 g/mol. The number of hydrogen-bond acceptors (Lipinski definition) is 4. The molecule has 0 aliphatic heterocycles. The molecule has 0 aliphatic carbocycles. The van der Waals surface area contributed by atoms with Crippen LogP contribution in [0.2, 0.25) is 0 Å². The van der Waals surface area contributed by atoms with E-state index in [1.54, 1.807) is 29.0 Å². The molecule has 1 heterocycles. The second-order valence-electron chi connectivity index (χ2n) is 4.48. The second-order valence-corrected chi connectivity index (χ2v) is 7.34. The van der Waals surface area contributed by atoms with Crippen LogP contribution in [-0.4, -0.2) is 25.9 Å². The number of aromatic nitrogens is 1. The van der Waals surface area contributed by atoms with Gasteiger partial charge in [-0.15, -0.1) is 0 Å². The van der Waals surface area contributed by atoms with Gasteiger partial charge in [-0.25, -0.2) is 0 Å². The van der Waals surface area contributed by atoms with Crippen LogP contribution in [0.25, 0.3) is 0 Å². The molecule has 0 saturated heterocycles. The molecule has 21 heavy (non-hydrogen) atoms. The predicted molar refractivity (Wildman–Crippen MR) is 86.9 cm³/mol. The maximum Gasteiger partial charge on any atom is 0.297 e. The molecule has 0 unspecified atom stereocenters. The average molecular weight is 419 g/mol. The fourth-order valence-electron chi connectivity index (χ4n) is 1.80. The second kappa shape index (κ2) is 6.71. The molecule has 1 aromatic carbocycles. The molecule has 0 bridgehead atoms. The highest BCUT2D eigenvalue weighted by Gasteiger charge is 2.15. The Bertz CT molecular complexity index is 735. The topological polar surface area (TPSA) is 65.4 Å². The van der Waals surface area contributed by atoms with E-state index in [2.05, 4.69) is 22.6 Å². The van der Waals surface area contributed by atoms with Crippen molar-refractivity contribution in [3.05, 3.63) is 51.4 Å². The van der Waals surface area contributed by atoms with E-state index in [1.165, 1.54) is 12.1 Å². The first-order chi connectivity index (χ1) is 9.92. The summed E-state index contributed by atoms with van der Waals surface area (Å²) in [6.45, 7) is 2.15. The first-order valence-electron chi connectivity index (χ1n) is 6.19. The average Bonchev–Trinajstić information content (AvgIpc) is 2.79. The van der Waals surface area contributed by atoms with E-state index < -0.39 is 10.1 Å². The predicted octanol–water partition coefficient (Wildman–Crippen LogP) is 2.62. The van der Waals surface area contributed by atoms with E-state index in [0.717, 1.165) is 15.4 Å². The van der Waals surface area contributed by atoms with Crippen LogP contribution in [0.4, 0.5) is 0 Å². The summed E-state index contributed by atoms with van der Waals surface area (Å²) < 4.78 is 31.6. The monoisotopic (exact) mass is 419 g/mol. The molecule has 112 valence electrons. The maximum atomic E-state index is 12.0. The van der Waals surface area contributed by atoms with Gasteiger partial charge in [-0.2, -0.15) is 8.42 Å². The Hall–Kier alpha value is -1.19. The fourth-order valence-corrected chi connectivity index (χ4v) is 3.35. The molecule has 0 fully saturated rings. The molecule has 2 aromatic rings. The Morgan fingerprint density at radius 2 is 1.95 bits per heavy atom. The summed E-state index contributed by atoms with van der Waals surface area (Å²) in [5.41, 5.74) is 1.47. The summed E-state index contributed by atoms with van der Waals surface area (Å²) in [4.78, 5) is 11.0. The molecule has 0 atom stereocenters. The smallest absolute Gasteiger partial charge is 0.297 e. The lowest BCUT2D eigenvalue weighted by atomic mass is 10.2. The van der Waals surface area contributed by atoms with Crippen LogP contribution in [0.3, 0.4) is 0 Å². The molecule has 0 radical (unpaired) electrons. The summed E-state index contributed by atoms with van der Waals surface area (Å²) in [7, 11) is -3.76. The molecule has 7 heteroatoms. The van der Waals surface area contributed by atoms with E-state index in [1.807, 2.05) is 6.92 Å². The number of carbonyl (C=O) groups excluding carboxylic acids is 1. The molecular formula is C14H14INO4S. The number of halogens is 1. The molecule has 0 saturated carbocycles. The van der Waals surface area contributed by atoms with E-state index >= 15 is 0 Å². The van der Waals surface area contributed by atoms with Gasteiger partial charge in [-0.3, -0.25) is 8.98 Å². The Labute approximate surface area is 137 Å². The summed E-state index contributed by atoms with van der Waals surface area (Å²) in [5.74, 6) is 0. The zero-order chi connectivity index (χ0) is 15.5. The highest BCUT2D eigenvalue weighted by atomic mass is 127. The molecule has 0 aliphatic rings. The zero-order valence-corrected chi connectivity index (χ0v) is 14.3. The molecule has 0 N–H and O–H groups in total. The van der Waals surface area contributed by atoms with Gasteiger partial charge in [0.05, 0.1) is 17.2 Å². The first kappa shape index (κ1) is 16.2. The number of aldehydes is 1. The Balaban J connectivity index is 2.02. The summed E-state index contributed by atoms with van der Waals surface area (Å²) in [6.07, 6.45) is 2.50. The molecule has 2 rings (SSSR count). The van der Waals surface area contributed by atoms with Crippen molar-refractivity contribution in [2.24, 2.45) is 0 Å². The number of carbonyl (C=O) groups is 1. The van der Waals surface area contributed by atoms with E-state index in [4.69, 9.17) is 4.18 Å². The van der Waals surface area contributed by atoms with E-state index in [9.17, 15) is 13.2 Å². The van der Waals surface area contributed by atoms with Crippen LogP contribution in [0.15, 0.2) is 41.4 Å². The summed E-state index contributed by atoms with van der Waals surface area (Å²) in [6, 6.07) is 8.19. The van der Waals surface area contributed by atoms with Gasteiger partial charge in [0.25, 0.3) is 10.1 Å². The number of benzene rings is 1. The zero-order valence-electron chi connectivity index (χ0n) is 11.3. The van der Waals surface area contributed by atoms with Crippen LogP contribution in [0.5, 0.6) is 0 Å². The van der Waals surface area contributed by atoms with Crippen molar-refractivity contribution < 1.29 is 17.4 Å². The summed E-state index contributed by atoms with van der Waals surface area (Å²) in [5, 5.41) is 0. The minimum absolute atomic E-state index is 0.0260. The summed E-state index contributed by atoms with van der Waals surface area (Å²) >= 11 is 2.09. The van der Waals surface area contributed by atoms with E-state index in [0.29, 0.717) is 12.2 Å². The molecule has 5 nitrogen and oxygen atoms in total. The number of aryl methyl sites for hydroxylation is 1. The third kappa shape index (κ3) is 4.14. The maximum absolute atomic E-state index is 12.0. The Kier molecular flexibility index (Phi) is 5.17.